The number of esters is 1. The van der Waals surface area contributed by atoms with Gasteiger partial charge in [0.25, 0.3) is 0 Å². The maximum atomic E-state index is 12.9. The summed E-state index contributed by atoms with van der Waals surface area (Å²) in [5, 5.41) is 7.33. The van der Waals surface area contributed by atoms with Crippen LogP contribution >= 0.6 is 0 Å². The summed E-state index contributed by atoms with van der Waals surface area (Å²) in [5.41, 5.74) is 0.223. The number of alkyl halides is 3. The molecular weight excluding hydrogens is 471 g/mol. The molecule has 1 heterocycles. The normalized spacial score (nSPS) is 11.3. The number of methoxy groups -OCH3 is 3. The van der Waals surface area contributed by atoms with Gasteiger partial charge in [-0.15, -0.1) is 0 Å². The molecule has 0 saturated heterocycles. The van der Waals surface area contributed by atoms with E-state index in [4.69, 9.17) is 23.7 Å². The van der Waals surface area contributed by atoms with Gasteiger partial charge in [0.15, 0.2) is 13.6 Å². The summed E-state index contributed by atoms with van der Waals surface area (Å²) in [6.07, 6.45) is -2.91. The molecule has 0 fully saturated rings. The van der Waals surface area contributed by atoms with Crippen LogP contribution in [-0.4, -0.2) is 50.7 Å². The summed E-state index contributed by atoms with van der Waals surface area (Å²) in [4.78, 5) is 12.6. The third kappa shape index (κ3) is 6.64. The molecule has 188 valence electrons. The van der Waals surface area contributed by atoms with Crippen LogP contribution in [-0.2, 0) is 26.9 Å². The molecule has 3 rings (SSSR count). The third-order valence-electron chi connectivity index (χ3n) is 4.73. The van der Waals surface area contributed by atoms with Gasteiger partial charge in [0, 0.05) is 32.4 Å². The van der Waals surface area contributed by atoms with E-state index in [0.29, 0.717) is 17.1 Å². The summed E-state index contributed by atoms with van der Waals surface area (Å²) in [6, 6.07) is 9.47. The minimum absolute atomic E-state index is 0.0490. The zero-order valence-electron chi connectivity index (χ0n) is 19.2. The van der Waals surface area contributed by atoms with Crippen LogP contribution in [0.4, 0.5) is 24.7 Å². The standard InChI is InChI=1S/C23H24F3N3O6/c1-31-13-34-17-10-18(21(22(30)33-3)19(11-17)35-14-32-2)28-20-8-9-27-29(20)12-15-4-6-16(7-5-15)23(24,25)26/h4-11,28H,12-14H2,1-3H3. The number of carbonyl (C=O) groups is 1. The molecule has 0 radical (unpaired) electrons. The summed E-state index contributed by atoms with van der Waals surface area (Å²) in [6.45, 7) is -0.0104. The predicted molar refractivity (Wildman–Crippen MR) is 119 cm³/mol. The van der Waals surface area contributed by atoms with Gasteiger partial charge in [0.2, 0.25) is 0 Å². The van der Waals surface area contributed by atoms with E-state index in [9.17, 15) is 18.0 Å². The van der Waals surface area contributed by atoms with Gasteiger partial charge in [-0.3, -0.25) is 0 Å². The van der Waals surface area contributed by atoms with E-state index in [1.165, 1.54) is 50.4 Å². The monoisotopic (exact) mass is 495 g/mol. The first kappa shape index (κ1) is 25.8. The van der Waals surface area contributed by atoms with Gasteiger partial charge in [-0.2, -0.15) is 18.3 Å². The number of nitrogens with zero attached hydrogens (tertiary/aromatic N) is 2. The highest BCUT2D eigenvalue weighted by Crippen LogP contribution is 2.35. The highest BCUT2D eigenvalue weighted by Gasteiger charge is 2.30. The van der Waals surface area contributed by atoms with Gasteiger partial charge in [-0.1, -0.05) is 12.1 Å². The van der Waals surface area contributed by atoms with Crippen molar-refractivity contribution < 1.29 is 41.7 Å². The molecule has 0 aliphatic rings. The minimum Gasteiger partial charge on any atom is -0.467 e. The molecule has 1 N–H and O–H groups in total. The lowest BCUT2D eigenvalue weighted by molar-refractivity contribution is -0.137. The number of ether oxygens (including phenoxy) is 5. The van der Waals surface area contributed by atoms with Gasteiger partial charge >= 0.3 is 12.1 Å². The quantitative estimate of drug-likeness (QED) is 0.308. The van der Waals surface area contributed by atoms with Crippen LogP contribution in [0.3, 0.4) is 0 Å². The maximum absolute atomic E-state index is 12.9. The molecule has 0 bridgehead atoms. The number of anilines is 2. The van der Waals surface area contributed by atoms with Crippen molar-refractivity contribution in [3.63, 3.8) is 0 Å². The van der Waals surface area contributed by atoms with E-state index in [1.807, 2.05) is 0 Å². The highest BCUT2D eigenvalue weighted by atomic mass is 19.4. The summed E-state index contributed by atoms with van der Waals surface area (Å²) in [5.74, 6) is 0.257. The predicted octanol–water partition coefficient (Wildman–Crippen LogP) is 4.45. The Labute approximate surface area is 199 Å². The second kappa shape index (κ2) is 11.6. The van der Waals surface area contributed by atoms with Crippen LogP contribution in [0.25, 0.3) is 0 Å². The van der Waals surface area contributed by atoms with Crippen LogP contribution in [0.15, 0.2) is 48.7 Å². The topological polar surface area (TPSA) is 93.1 Å². The number of hydrogen-bond donors (Lipinski definition) is 1. The van der Waals surface area contributed by atoms with Crippen LogP contribution < -0.4 is 14.8 Å². The van der Waals surface area contributed by atoms with Crippen molar-refractivity contribution in [2.45, 2.75) is 12.7 Å². The van der Waals surface area contributed by atoms with E-state index >= 15 is 0 Å². The molecule has 0 amide bonds. The zero-order chi connectivity index (χ0) is 25.4. The van der Waals surface area contributed by atoms with Crippen LogP contribution in [0.2, 0.25) is 0 Å². The Bertz CT molecular complexity index is 1130. The molecular formula is C23H24F3N3O6. The van der Waals surface area contributed by atoms with Crippen LogP contribution in [0.1, 0.15) is 21.5 Å². The van der Waals surface area contributed by atoms with Crippen LogP contribution in [0.5, 0.6) is 11.5 Å². The summed E-state index contributed by atoms with van der Waals surface area (Å²) < 4.78 is 66.0. The molecule has 0 aliphatic heterocycles. The number of halogens is 3. The molecule has 0 unspecified atom stereocenters. The molecule has 0 spiro atoms. The Morgan fingerprint density at radius 3 is 2.31 bits per heavy atom. The van der Waals surface area contributed by atoms with Gasteiger partial charge in [-0.05, 0) is 17.7 Å². The molecule has 1 aromatic heterocycles. The first-order chi connectivity index (χ1) is 16.8. The molecule has 12 heteroatoms. The number of hydrogen-bond acceptors (Lipinski definition) is 8. The Balaban J connectivity index is 1.94. The highest BCUT2D eigenvalue weighted by molar-refractivity contribution is 6.00. The van der Waals surface area contributed by atoms with E-state index < -0.39 is 17.7 Å². The summed E-state index contributed by atoms with van der Waals surface area (Å²) in [7, 11) is 4.13. The van der Waals surface area contributed by atoms with Crippen molar-refractivity contribution in [3.05, 3.63) is 65.4 Å². The number of aromatic nitrogens is 2. The third-order valence-corrected chi connectivity index (χ3v) is 4.73. The molecule has 0 aliphatic carbocycles. The molecule has 9 nitrogen and oxygen atoms in total. The zero-order valence-corrected chi connectivity index (χ0v) is 19.2. The molecule has 35 heavy (non-hydrogen) atoms. The Morgan fingerprint density at radius 1 is 1.00 bits per heavy atom. The van der Waals surface area contributed by atoms with Crippen molar-refractivity contribution >= 4 is 17.5 Å². The number of rotatable bonds is 11. The van der Waals surface area contributed by atoms with Gasteiger partial charge in [0.05, 0.1) is 31.1 Å². The van der Waals surface area contributed by atoms with Crippen molar-refractivity contribution in [3.8, 4) is 11.5 Å². The number of benzene rings is 2. The first-order valence-electron chi connectivity index (χ1n) is 10.2. The second-order valence-corrected chi connectivity index (χ2v) is 7.13. The molecule has 0 atom stereocenters. The van der Waals surface area contributed by atoms with Crippen molar-refractivity contribution in [2.24, 2.45) is 0 Å². The van der Waals surface area contributed by atoms with E-state index in [1.54, 1.807) is 12.1 Å². The van der Waals surface area contributed by atoms with E-state index in [2.05, 4.69) is 10.4 Å². The average Bonchev–Trinajstić information content (AvgIpc) is 3.26. The van der Waals surface area contributed by atoms with Crippen molar-refractivity contribution in [1.82, 2.24) is 9.78 Å². The largest absolute Gasteiger partial charge is 0.467 e. The lowest BCUT2D eigenvalue weighted by Gasteiger charge is -2.18. The average molecular weight is 495 g/mol. The fourth-order valence-corrected chi connectivity index (χ4v) is 3.12. The second-order valence-electron chi connectivity index (χ2n) is 7.13. The number of carbonyl (C=O) groups excluding carboxylic acids is 1. The SMILES string of the molecule is COCOc1cc(Nc2ccnn2Cc2ccc(C(F)(F)F)cc2)c(C(=O)OC)c(OCOC)c1. The fourth-order valence-electron chi connectivity index (χ4n) is 3.12. The fraction of sp³-hybridized carbons (Fsp3) is 0.304. The van der Waals surface area contributed by atoms with Crippen LogP contribution in [0, 0.1) is 0 Å². The maximum Gasteiger partial charge on any atom is 0.416 e. The van der Waals surface area contributed by atoms with Gasteiger partial charge in [-0.25, -0.2) is 9.48 Å². The number of nitrogens with one attached hydrogen (secondary N) is 1. The van der Waals surface area contributed by atoms with Crippen molar-refractivity contribution in [1.29, 1.82) is 0 Å². The Hall–Kier alpha value is -3.77. The van der Waals surface area contributed by atoms with Gasteiger partial charge in [0.1, 0.15) is 22.9 Å². The molecule has 0 saturated carbocycles. The van der Waals surface area contributed by atoms with Gasteiger partial charge < -0.3 is 29.0 Å². The van der Waals surface area contributed by atoms with Crippen molar-refractivity contribution in [2.75, 3.05) is 40.2 Å². The van der Waals surface area contributed by atoms with E-state index in [-0.39, 0.29) is 37.1 Å². The first-order valence-corrected chi connectivity index (χ1v) is 10.2. The molecule has 3 aromatic rings. The lowest BCUT2D eigenvalue weighted by atomic mass is 10.1. The smallest absolute Gasteiger partial charge is 0.416 e. The summed E-state index contributed by atoms with van der Waals surface area (Å²) >= 11 is 0. The van der Waals surface area contributed by atoms with E-state index in [0.717, 1.165) is 12.1 Å². The lowest BCUT2D eigenvalue weighted by Crippen LogP contribution is -2.13. The minimum atomic E-state index is -4.42. The molecule has 2 aromatic carbocycles. The Morgan fingerprint density at radius 2 is 1.69 bits per heavy atom. The Kier molecular flexibility index (Phi) is 8.55.